The van der Waals surface area contributed by atoms with E-state index in [9.17, 15) is 102 Å². The van der Waals surface area contributed by atoms with Gasteiger partial charge >= 0.3 is 287 Å². The molecule has 0 saturated carbocycles. The van der Waals surface area contributed by atoms with Crippen LogP contribution in [0.15, 0.2) is 30.3 Å². The molecule has 1 aromatic carbocycles. The van der Waals surface area contributed by atoms with Gasteiger partial charge in [0.25, 0.3) is 0 Å². The molecule has 21 saturated heterocycles. The molecule has 21 heterocycles. The van der Waals surface area contributed by atoms with E-state index in [1.807, 2.05) is 0 Å². The molecule has 0 unspecified atom stereocenters. The van der Waals surface area contributed by atoms with Crippen molar-refractivity contribution in [2.24, 2.45) is 0 Å². The maximum absolute atomic E-state index is 11.8. The van der Waals surface area contributed by atoms with Gasteiger partial charge in [-0.1, -0.05) is 0 Å². The van der Waals surface area contributed by atoms with Crippen molar-refractivity contribution in [3.63, 3.8) is 0 Å². The third-order valence-electron chi connectivity index (χ3n) is 15.8. The maximum atomic E-state index is 11.8. The van der Waals surface area contributed by atoms with E-state index >= 15 is 0 Å². The number of rotatable bonds is 9. The van der Waals surface area contributed by atoms with Gasteiger partial charge in [-0.15, -0.1) is 0 Å². The molecule has 35 heteroatoms. The van der Waals surface area contributed by atoms with Crippen molar-refractivity contribution in [2.45, 2.75) is 220 Å². The Morgan fingerprint density at radius 2 is 0.422 bits per heavy atom. The third kappa shape index (κ3) is 13.5. The fourth-order valence-corrected chi connectivity index (χ4v) is 13.1. The first kappa shape index (κ1) is 65.8. The zero-order valence-electron chi connectivity index (χ0n) is 43.6. The fourth-order valence-electron chi connectivity index (χ4n) is 11.1. The Morgan fingerprint density at radius 1 is 0.241 bits per heavy atom. The van der Waals surface area contributed by atoms with Gasteiger partial charge in [-0.2, -0.15) is 0 Å². The first-order valence-corrected chi connectivity index (χ1v) is 28.8. The Labute approximate surface area is 476 Å². The topological polar surface area (TPSA) is 534 Å². The van der Waals surface area contributed by atoms with Crippen molar-refractivity contribution in [2.75, 3.05) is 39.6 Å². The molecule has 0 spiro atoms. The molecule has 21 aliphatic heterocycles. The van der Waals surface area contributed by atoms with Gasteiger partial charge in [0.2, 0.25) is 0 Å². The summed E-state index contributed by atoms with van der Waals surface area (Å²) in [5.74, 6) is 0. The molecular weight excluding hydrogens is 1200 g/mol. The van der Waals surface area contributed by atoms with Crippen LogP contribution in [0.3, 0.4) is 0 Å². The minimum atomic E-state index is -2.20. The standard InChI is InChI=1S/C48H74O34Se/c49-6-14-35-22(56)29(63)43(70-14)78-37-16(8-51)72-45(31(65)24(37)58)80-39-18(10-53)74-47(33(67)26(39)60)82-41-20(12-83-13-4-2-1-3-5-13)75-48(34(68)27(41)61)81-40-19(11-54)73-46(32(66)25(40)59)79-38-17(9-52)71-44(30(64)23(38)57)77-36-15(7-50)69-42(76-35)28(62)21(36)55/h1-5,14-68H,6-12H2/t14-,15-,16-,17-,18-,19-,20-,21-,22+,23-,24+,25-,26+,27-,28-,29+,30-,31+,32-,33-,34-,35-,36-,37-,38-,39-,40-,41-,42-,43-,44-,45-,46-,47-,48-/m1/s1. The van der Waals surface area contributed by atoms with Crippen molar-refractivity contribution < 1.29 is 168 Å². The molecule has 0 radical (unpaired) electrons. The minimum Gasteiger partial charge on any atom is -0.394 e. The molecule has 21 fully saturated rings. The summed E-state index contributed by atoms with van der Waals surface area (Å²) in [6.07, 6.45) is -68.7. The van der Waals surface area contributed by atoms with Crippen LogP contribution in [-0.4, -0.2) is 372 Å². The van der Waals surface area contributed by atoms with Crippen LogP contribution in [0.2, 0.25) is 5.32 Å². The Kier molecular flexibility index (Phi) is 22.6. The van der Waals surface area contributed by atoms with Crippen molar-refractivity contribution in [3.05, 3.63) is 30.3 Å². The second kappa shape index (κ2) is 28.5. The van der Waals surface area contributed by atoms with Crippen LogP contribution >= 0.6 is 0 Å². The molecule has 14 bridgehead atoms. The molecule has 83 heavy (non-hydrogen) atoms. The number of ether oxygens (including phenoxy) is 14. The van der Waals surface area contributed by atoms with Gasteiger partial charge in [0.1, 0.15) is 61.0 Å². The average Bonchev–Trinajstić information content (AvgIpc) is 3.67. The molecule has 0 aromatic heterocycles. The smallest absolute Gasteiger partial charge is 0.394 e. The van der Waals surface area contributed by atoms with Crippen molar-refractivity contribution in [3.8, 4) is 0 Å². The Bertz CT molecular complexity index is 2140. The van der Waals surface area contributed by atoms with Crippen LogP contribution in [0.5, 0.6) is 0 Å². The summed E-state index contributed by atoms with van der Waals surface area (Å²) in [4.78, 5) is 0. The molecule has 476 valence electrons. The molecule has 35 atom stereocenters. The number of benzene rings is 1. The van der Waals surface area contributed by atoms with E-state index in [2.05, 4.69) is 0 Å². The second-order valence-electron chi connectivity index (χ2n) is 21.1. The molecule has 22 rings (SSSR count). The van der Waals surface area contributed by atoms with Crippen molar-refractivity contribution in [1.29, 1.82) is 0 Å². The molecule has 34 nitrogen and oxygen atoms in total. The van der Waals surface area contributed by atoms with E-state index in [0.717, 1.165) is 4.46 Å². The summed E-state index contributed by atoms with van der Waals surface area (Å²) >= 11 is -0.515. The summed E-state index contributed by atoms with van der Waals surface area (Å²) in [6, 6.07) is 8.84. The second-order valence-corrected chi connectivity index (χ2v) is 23.4. The first-order valence-electron chi connectivity index (χ1n) is 26.7. The van der Waals surface area contributed by atoms with Gasteiger partial charge in [0.15, 0.2) is 18.9 Å². The van der Waals surface area contributed by atoms with Gasteiger partial charge in [-0.05, 0) is 0 Å². The van der Waals surface area contributed by atoms with Gasteiger partial charge in [0.05, 0.1) is 26.4 Å². The van der Waals surface area contributed by atoms with E-state index in [1.165, 1.54) is 0 Å². The minimum absolute atomic E-state index is 0.00583. The van der Waals surface area contributed by atoms with Gasteiger partial charge in [0, 0.05) is 0 Å². The fraction of sp³-hybridized carbons (Fsp3) is 0.875. The van der Waals surface area contributed by atoms with Crippen LogP contribution in [0.1, 0.15) is 0 Å². The normalized spacial score (nSPS) is 52.2. The van der Waals surface area contributed by atoms with Gasteiger partial charge in [-0.3, -0.25) is 0 Å². The summed E-state index contributed by atoms with van der Waals surface area (Å²) in [5, 5.41) is 223. The molecule has 21 aliphatic rings. The predicted octanol–water partition coefficient (Wildman–Crippen LogP) is -13.8. The Hall–Kier alpha value is -1.62. The first-order chi connectivity index (χ1) is 39.7. The molecule has 20 N–H and O–H groups in total. The molecule has 0 aliphatic carbocycles. The van der Waals surface area contributed by atoms with E-state index in [4.69, 9.17) is 66.3 Å². The number of hydrogen-bond acceptors (Lipinski definition) is 34. The van der Waals surface area contributed by atoms with Crippen LogP contribution < -0.4 is 4.46 Å². The van der Waals surface area contributed by atoms with Crippen LogP contribution in [-0.2, 0) is 66.3 Å². The zero-order valence-corrected chi connectivity index (χ0v) is 45.3. The van der Waals surface area contributed by atoms with Crippen molar-refractivity contribution in [1.82, 2.24) is 0 Å². The quantitative estimate of drug-likeness (QED) is 0.102. The molecule has 0 amide bonds. The summed E-state index contributed by atoms with van der Waals surface area (Å²) in [6.45, 7) is -6.16. The van der Waals surface area contributed by atoms with Gasteiger partial charge < -0.3 is 84.6 Å². The summed E-state index contributed by atoms with van der Waals surface area (Å²) < 4.78 is 82.3. The number of aliphatic hydroxyl groups is 20. The van der Waals surface area contributed by atoms with Crippen LogP contribution in [0.4, 0.5) is 0 Å². The van der Waals surface area contributed by atoms with Crippen LogP contribution in [0.25, 0.3) is 0 Å². The Balaban J connectivity index is 1.01. The molecular formula is C48H74O34Se. The predicted molar refractivity (Wildman–Crippen MR) is 258 cm³/mol. The van der Waals surface area contributed by atoms with E-state index in [0.29, 0.717) is 0 Å². The van der Waals surface area contributed by atoms with Gasteiger partial charge in [-0.25, -0.2) is 0 Å². The molecule has 1 aromatic rings. The average molecular weight is 1270 g/mol. The van der Waals surface area contributed by atoms with E-state index in [1.54, 1.807) is 30.3 Å². The monoisotopic (exact) mass is 1270 g/mol. The van der Waals surface area contributed by atoms with E-state index < -0.39 is 270 Å². The van der Waals surface area contributed by atoms with Crippen molar-refractivity contribution >= 4 is 19.4 Å². The number of aliphatic hydroxyl groups excluding tert-OH is 20. The van der Waals surface area contributed by atoms with Crippen LogP contribution in [0, 0.1) is 0 Å². The summed E-state index contributed by atoms with van der Waals surface area (Å²) in [5.41, 5.74) is 0. The third-order valence-corrected chi connectivity index (χ3v) is 18.1. The number of hydrogen-bond donors (Lipinski definition) is 20. The summed E-state index contributed by atoms with van der Waals surface area (Å²) in [7, 11) is 0. The zero-order chi connectivity index (χ0) is 59.9. The Morgan fingerprint density at radius 3 is 0.614 bits per heavy atom. The van der Waals surface area contributed by atoms with E-state index in [-0.39, 0.29) is 5.32 Å². The SMILES string of the molecule is OC[C@H]1O[C@@H]2O[C@H]3[C@H](O)[C@@H](O)[C@@H](O[C@H]4[C@@H](O)[C@H](O)[C@@H](O[C@H]5[C@@H](O)[C@H](O)[C@@H](O[C@H]6[C@@H](O)[C@@H](O)[C@@H](O[C@H]7[C@H](O)[C@@H](O)[C@@H](O[C@H]8[C@H](O)[C@@H](O)[C@@H](O[C@H]1[C@H](O)[C@H]2O)O[C@@H]8CO)O[C@@H]7C[Se]c1ccccc1)O[C@@H]6CO)O[C@@H]5CO)O[C@@H]4CO)O[C@@H]3CO.